The highest BCUT2D eigenvalue weighted by atomic mass is 16.3. The Bertz CT molecular complexity index is 5020. The van der Waals surface area contributed by atoms with Gasteiger partial charge in [-0.25, -0.2) is 0 Å². The highest BCUT2D eigenvalue weighted by Gasteiger charge is 2.54. The van der Waals surface area contributed by atoms with Gasteiger partial charge in [0.1, 0.15) is 22.3 Å². The van der Waals surface area contributed by atoms with E-state index >= 15 is 0 Å². The molecule has 0 unspecified atom stereocenters. The van der Waals surface area contributed by atoms with Crippen LogP contribution >= 0.6 is 0 Å². The summed E-state index contributed by atoms with van der Waals surface area (Å²) in [6, 6.07) is 87.6. The third kappa shape index (κ3) is 8.25. The third-order valence-electron chi connectivity index (χ3n) is 19.7. The Labute approximate surface area is 522 Å². The van der Waals surface area contributed by atoms with E-state index in [2.05, 4.69) is 323 Å². The molecule has 14 aromatic rings. The average molecular weight is 1160 g/mol. The van der Waals surface area contributed by atoms with Gasteiger partial charge in [-0.1, -0.05) is 217 Å². The monoisotopic (exact) mass is 1150 g/mol. The van der Waals surface area contributed by atoms with Gasteiger partial charge in [0.2, 0.25) is 0 Å². The molecule has 0 atom stereocenters. The minimum Gasteiger partial charge on any atom is -0.456 e. The molecule has 4 heteroatoms. The lowest BCUT2D eigenvalue weighted by atomic mass is 9.70. The number of nitrogens with zero attached hydrogens (tertiary/aromatic N) is 2. The minimum absolute atomic E-state index is 0.0381. The van der Waals surface area contributed by atoms with Gasteiger partial charge < -0.3 is 18.6 Å². The SMILES string of the molecule is CC(C)(C)c1ccc(N(c2ccc(C(C)(C)C)cc2)c2cc3c(c4cc5c(cc24)oc2ccccc25)-c2c(cc(N(c4ccc(C(C)(C)C)cc4)c4ccc(C(C)(C)C)cc4)c4c2ccc2oc5ccccc5c24)C32c3ccccc3-c3ccccc32)cc1. The maximum absolute atomic E-state index is 6.98. The number of para-hydroxylation sites is 2. The molecule has 2 heterocycles. The highest BCUT2D eigenvalue weighted by molar-refractivity contribution is 6.29. The summed E-state index contributed by atoms with van der Waals surface area (Å²) >= 11 is 0. The van der Waals surface area contributed by atoms with E-state index in [1.54, 1.807) is 0 Å². The van der Waals surface area contributed by atoms with Gasteiger partial charge in [0, 0.05) is 55.1 Å². The molecule has 1 spiro atoms. The summed E-state index contributed by atoms with van der Waals surface area (Å²) in [6.07, 6.45) is 0. The van der Waals surface area contributed by atoms with E-state index in [1.807, 2.05) is 0 Å². The first kappa shape index (κ1) is 54.7. The van der Waals surface area contributed by atoms with Crippen molar-refractivity contribution >= 4 is 99.5 Å². The van der Waals surface area contributed by atoms with E-state index in [1.165, 1.54) is 66.8 Å². The van der Waals surface area contributed by atoms with Crippen LogP contribution in [0.15, 0.2) is 239 Å². The Kier molecular flexibility index (Phi) is 11.8. The molecule has 0 saturated heterocycles. The molecule has 16 rings (SSSR count). The number of benzene rings is 12. The van der Waals surface area contributed by atoms with Crippen molar-refractivity contribution in [1.29, 1.82) is 0 Å². The molecule has 0 bridgehead atoms. The normalized spacial score (nSPS) is 13.7. The molecule has 436 valence electrons. The standard InChI is InChI=1S/C85H74N2O2/c1-81(2,3)51-29-37-55(38-30-51)86(56-39-31-52(32-40-56)82(4,5)6)71-49-69-78(66-47-65-61-23-15-19-27-73(61)89-76(65)48-64(66)71)77-63-45-46-75-80(62-24-16-20-28-74(62)88-75)79(63)72(50-70(77)85(69)67-25-17-13-21-59(67)60-22-14-18-26-68(60)85)87(57-41-33-53(34-42-57)83(7,8)9)58-43-35-54(36-44-58)84(10,11)12/h13-50H,1-12H3. The van der Waals surface area contributed by atoms with Crippen molar-refractivity contribution in [2.75, 3.05) is 9.80 Å². The topological polar surface area (TPSA) is 32.8 Å². The Balaban J connectivity index is 1.12. The molecule has 2 aliphatic carbocycles. The molecule has 0 N–H and O–H groups in total. The molecule has 2 aromatic heterocycles. The summed E-state index contributed by atoms with van der Waals surface area (Å²) < 4.78 is 14.0. The van der Waals surface area contributed by atoms with E-state index in [9.17, 15) is 0 Å². The first-order valence-corrected chi connectivity index (χ1v) is 31.7. The van der Waals surface area contributed by atoms with E-state index in [-0.39, 0.29) is 21.7 Å². The summed E-state index contributed by atoms with van der Waals surface area (Å²) in [4.78, 5) is 5.06. The lowest BCUT2D eigenvalue weighted by Gasteiger charge is -2.34. The van der Waals surface area contributed by atoms with E-state index < -0.39 is 5.41 Å². The van der Waals surface area contributed by atoms with Crippen molar-refractivity contribution in [3.05, 3.63) is 275 Å². The maximum atomic E-state index is 6.98. The van der Waals surface area contributed by atoms with Crippen LogP contribution in [0.2, 0.25) is 0 Å². The van der Waals surface area contributed by atoms with Gasteiger partial charge in [-0.15, -0.1) is 0 Å². The molecule has 0 fully saturated rings. The van der Waals surface area contributed by atoms with Gasteiger partial charge in [-0.05, 0) is 196 Å². The Morgan fingerprint density at radius 3 is 1.15 bits per heavy atom. The third-order valence-corrected chi connectivity index (χ3v) is 19.7. The van der Waals surface area contributed by atoms with Gasteiger partial charge >= 0.3 is 0 Å². The molecule has 4 nitrogen and oxygen atoms in total. The van der Waals surface area contributed by atoms with Crippen LogP contribution in [0.25, 0.3) is 87.7 Å². The van der Waals surface area contributed by atoms with Crippen molar-refractivity contribution in [2.24, 2.45) is 0 Å². The second kappa shape index (κ2) is 19.2. The fourth-order valence-corrected chi connectivity index (χ4v) is 15.1. The number of furan rings is 2. The molecule has 0 saturated carbocycles. The largest absolute Gasteiger partial charge is 0.456 e. The fourth-order valence-electron chi connectivity index (χ4n) is 15.1. The Hall–Kier alpha value is -9.64. The number of rotatable bonds is 6. The smallest absolute Gasteiger partial charge is 0.136 e. The quantitative estimate of drug-likeness (QED) is 0.166. The first-order valence-electron chi connectivity index (χ1n) is 31.7. The van der Waals surface area contributed by atoms with E-state index in [0.717, 1.165) is 99.5 Å². The fraction of sp³-hybridized carbons (Fsp3) is 0.200. The number of fused-ring (bicyclic) bond motifs is 21. The van der Waals surface area contributed by atoms with Gasteiger partial charge in [0.05, 0.1) is 16.8 Å². The molecular formula is C85H74N2O2. The van der Waals surface area contributed by atoms with Crippen LogP contribution in [0, 0.1) is 0 Å². The summed E-state index contributed by atoms with van der Waals surface area (Å²) in [5, 5.41) is 8.94. The summed E-state index contributed by atoms with van der Waals surface area (Å²) in [5.74, 6) is 0. The average Bonchev–Trinajstić information content (AvgIpc) is 1.50. The van der Waals surface area contributed by atoms with Crippen LogP contribution in [0.3, 0.4) is 0 Å². The Morgan fingerprint density at radius 1 is 0.270 bits per heavy atom. The zero-order chi connectivity index (χ0) is 61.3. The molecule has 0 aliphatic heterocycles. The lowest BCUT2D eigenvalue weighted by molar-refractivity contribution is 0.590. The van der Waals surface area contributed by atoms with Gasteiger partial charge in [-0.2, -0.15) is 0 Å². The van der Waals surface area contributed by atoms with Crippen molar-refractivity contribution in [3.63, 3.8) is 0 Å². The van der Waals surface area contributed by atoms with Gasteiger partial charge in [-0.3, -0.25) is 0 Å². The summed E-state index contributed by atoms with van der Waals surface area (Å²) in [7, 11) is 0. The van der Waals surface area contributed by atoms with Crippen LogP contribution in [0.4, 0.5) is 34.1 Å². The van der Waals surface area contributed by atoms with E-state index in [0.29, 0.717) is 0 Å². The van der Waals surface area contributed by atoms with Gasteiger partial charge in [0.25, 0.3) is 0 Å². The number of anilines is 6. The van der Waals surface area contributed by atoms with Crippen molar-refractivity contribution in [2.45, 2.75) is 110 Å². The molecule has 89 heavy (non-hydrogen) atoms. The van der Waals surface area contributed by atoms with E-state index in [4.69, 9.17) is 8.83 Å². The van der Waals surface area contributed by atoms with Crippen LogP contribution in [-0.2, 0) is 27.1 Å². The molecule has 2 aliphatic rings. The van der Waals surface area contributed by atoms with Gasteiger partial charge in [0.15, 0.2) is 0 Å². The second-order valence-electron chi connectivity index (χ2n) is 29.3. The van der Waals surface area contributed by atoms with Crippen molar-refractivity contribution in [3.8, 4) is 22.3 Å². The first-order chi connectivity index (χ1) is 42.7. The molecule has 0 radical (unpaired) electrons. The van der Waals surface area contributed by atoms with Crippen LogP contribution in [0.5, 0.6) is 0 Å². The zero-order valence-corrected chi connectivity index (χ0v) is 53.2. The molecule has 0 amide bonds. The van der Waals surface area contributed by atoms with Crippen LogP contribution in [0.1, 0.15) is 128 Å². The lowest BCUT2D eigenvalue weighted by Crippen LogP contribution is -2.27. The summed E-state index contributed by atoms with van der Waals surface area (Å²) in [6.45, 7) is 27.6. The second-order valence-corrected chi connectivity index (χ2v) is 29.3. The molecular weight excluding hydrogens is 1080 g/mol. The molecule has 12 aromatic carbocycles. The van der Waals surface area contributed by atoms with Crippen molar-refractivity contribution < 1.29 is 8.83 Å². The Morgan fingerprint density at radius 2 is 0.663 bits per heavy atom. The number of hydrogen-bond donors (Lipinski definition) is 0. The van der Waals surface area contributed by atoms with Crippen LogP contribution in [-0.4, -0.2) is 0 Å². The zero-order valence-electron chi connectivity index (χ0n) is 53.2. The predicted molar refractivity (Wildman–Crippen MR) is 376 cm³/mol. The summed E-state index contributed by atoms with van der Waals surface area (Å²) in [5.41, 5.74) is 24.1. The van der Waals surface area contributed by atoms with Crippen LogP contribution < -0.4 is 9.80 Å². The van der Waals surface area contributed by atoms with Crippen molar-refractivity contribution in [1.82, 2.24) is 0 Å². The highest BCUT2D eigenvalue weighted by Crippen LogP contribution is 2.68. The minimum atomic E-state index is -0.805. The predicted octanol–water partition coefficient (Wildman–Crippen LogP) is 24.3. The maximum Gasteiger partial charge on any atom is 0.136 e. The number of hydrogen-bond acceptors (Lipinski definition) is 4.